The molecule has 1 aromatic rings. The Balaban J connectivity index is 2.55. The van der Waals surface area contributed by atoms with Gasteiger partial charge in [-0.1, -0.05) is 11.6 Å². The second-order valence-electron chi connectivity index (χ2n) is 3.34. The number of nitrogens with two attached hydrogens (primary N) is 1. The second kappa shape index (κ2) is 6.35. The molecule has 4 nitrogen and oxygen atoms in total. The molecule has 0 unspecified atom stereocenters. The fraction of sp³-hybridized carbons (Fsp3) is 0.364. The Morgan fingerprint density at radius 2 is 2.31 bits per heavy atom. The molecule has 5 heteroatoms. The highest BCUT2D eigenvalue weighted by atomic mass is 35.5. The molecule has 1 amide bonds. The largest absolute Gasteiger partial charge is 0.399 e. The highest BCUT2D eigenvalue weighted by molar-refractivity contribution is 6.34. The zero-order valence-electron chi connectivity index (χ0n) is 9.13. The number of ether oxygens (including phenoxy) is 1. The summed E-state index contributed by atoms with van der Waals surface area (Å²) in [5, 5.41) is 3.14. The number of halogens is 1. The number of nitrogen functional groups attached to an aromatic ring is 1. The molecule has 0 aliphatic carbocycles. The molecule has 16 heavy (non-hydrogen) atoms. The summed E-state index contributed by atoms with van der Waals surface area (Å²) in [7, 11) is 1.62. The Morgan fingerprint density at radius 1 is 1.56 bits per heavy atom. The number of carbonyl (C=O) groups is 1. The van der Waals surface area contributed by atoms with Crippen molar-refractivity contribution in [3.8, 4) is 0 Å². The highest BCUT2D eigenvalue weighted by Crippen LogP contribution is 2.18. The normalized spacial score (nSPS) is 10.1. The van der Waals surface area contributed by atoms with E-state index in [0.29, 0.717) is 29.4 Å². The number of amides is 1. The summed E-state index contributed by atoms with van der Waals surface area (Å²) in [5.74, 6) is -0.214. The Labute approximate surface area is 99.7 Å². The summed E-state index contributed by atoms with van der Waals surface area (Å²) in [6.07, 6.45) is 0.766. The third kappa shape index (κ3) is 3.72. The molecule has 0 aliphatic rings. The van der Waals surface area contributed by atoms with Crippen LogP contribution >= 0.6 is 11.6 Å². The first kappa shape index (κ1) is 12.8. The molecule has 0 fully saturated rings. The fourth-order valence-electron chi connectivity index (χ4n) is 1.23. The van der Waals surface area contributed by atoms with E-state index in [4.69, 9.17) is 22.1 Å². The van der Waals surface area contributed by atoms with Gasteiger partial charge in [0.15, 0.2) is 0 Å². The van der Waals surface area contributed by atoms with Gasteiger partial charge in [-0.3, -0.25) is 4.79 Å². The number of nitrogens with one attached hydrogen (secondary N) is 1. The third-order valence-corrected chi connectivity index (χ3v) is 2.38. The molecule has 3 N–H and O–H groups in total. The smallest absolute Gasteiger partial charge is 0.252 e. The zero-order chi connectivity index (χ0) is 12.0. The molecule has 0 spiro atoms. The average Bonchev–Trinajstić information content (AvgIpc) is 2.27. The standard InChI is InChI=1S/C11H15ClN2O2/c1-16-6-2-5-14-11(15)9-7-8(13)3-4-10(9)12/h3-4,7H,2,5-6,13H2,1H3,(H,14,15). The lowest BCUT2D eigenvalue weighted by molar-refractivity contribution is 0.0949. The minimum absolute atomic E-state index is 0.214. The number of rotatable bonds is 5. The monoisotopic (exact) mass is 242 g/mol. The van der Waals surface area contributed by atoms with Crippen molar-refractivity contribution in [1.82, 2.24) is 5.32 Å². The van der Waals surface area contributed by atoms with Gasteiger partial charge < -0.3 is 15.8 Å². The van der Waals surface area contributed by atoms with Crippen LogP contribution in [-0.4, -0.2) is 26.2 Å². The van der Waals surface area contributed by atoms with Crippen molar-refractivity contribution in [2.24, 2.45) is 0 Å². The maximum Gasteiger partial charge on any atom is 0.252 e. The van der Waals surface area contributed by atoms with Crippen molar-refractivity contribution in [2.45, 2.75) is 6.42 Å². The topological polar surface area (TPSA) is 64.3 Å². The summed E-state index contributed by atoms with van der Waals surface area (Å²) in [5.41, 5.74) is 6.50. The van der Waals surface area contributed by atoms with E-state index in [0.717, 1.165) is 6.42 Å². The number of methoxy groups -OCH3 is 1. The minimum atomic E-state index is -0.214. The molecular weight excluding hydrogens is 228 g/mol. The van der Waals surface area contributed by atoms with E-state index in [1.807, 2.05) is 0 Å². The fourth-order valence-corrected chi connectivity index (χ4v) is 1.43. The van der Waals surface area contributed by atoms with Crippen molar-refractivity contribution < 1.29 is 9.53 Å². The minimum Gasteiger partial charge on any atom is -0.399 e. The molecule has 1 aromatic carbocycles. The molecule has 0 bridgehead atoms. The van der Waals surface area contributed by atoms with Crippen LogP contribution in [0.5, 0.6) is 0 Å². The lowest BCUT2D eigenvalue weighted by Gasteiger charge is -2.07. The first-order valence-corrected chi connectivity index (χ1v) is 5.35. The summed E-state index contributed by atoms with van der Waals surface area (Å²) < 4.78 is 4.87. The van der Waals surface area contributed by atoms with E-state index in [9.17, 15) is 4.79 Å². The van der Waals surface area contributed by atoms with Crippen LogP contribution in [0.4, 0.5) is 5.69 Å². The number of benzene rings is 1. The van der Waals surface area contributed by atoms with Crippen LogP contribution < -0.4 is 11.1 Å². The number of hydrogen-bond donors (Lipinski definition) is 2. The molecule has 0 heterocycles. The van der Waals surface area contributed by atoms with Gasteiger partial charge in [0.05, 0.1) is 10.6 Å². The Morgan fingerprint density at radius 3 is 3.00 bits per heavy atom. The van der Waals surface area contributed by atoms with Gasteiger partial charge in [0.1, 0.15) is 0 Å². The number of carbonyl (C=O) groups excluding carboxylic acids is 1. The quantitative estimate of drug-likeness (QED) is 0.610. The van der Waals surface area contributed by atoms with Gasteiger partial charge in [0.2, 0.25) is 0 Å². The van der Waals surface area contributed by atoms with E-state index in [1.54, 1.807) is 25.3 Å². The molecule has 0 radical (unpaired) electrons. The molecule has 0 saturated heterocycles. The predicted molar refractivity (Wildman–Crippen MR) is 64.7 cm³/mol. The zero-order valence-corrected chi connectivity index (χ0v) is 9.88. The lowest BCUT2D eigenvalue weighted by Crippen LogP contribution is -2.25. The Hall–Kier alpha value is -1.26. The molecule has 0 saturated carbocycles. The van der Waals surface area contributed by atoms with Crippen molar-refractivity contribution in [2.75, 3.05) is 26.0 Å². The lowest BCUT2D eigenvalue weighted by atomic mass is 10.2. The molecule has 88 valence electrons. The summed E-state index contributed by atoms with van der Waals surface area (Å²) >= 11 is 5.89. The predicted octanol–water partition coefficient (Wildman–Crippen LogP) is 1.69. The van der Waals surface area contributed by atoms with Crippen LogP contribution in [0.25, 0.3) is 0 Å². The number of anilines is 1. The SMILES string of the molecule is COCCCNC(=O)c1cc(N)ccc1Cl. The molecule has 0 aliphatic heterocycles. The first-order chi connectivity index (χ1) is 7.65. The van der Waals surface area contributed by atoms with Gasteiger partial charge in [0.25, 0.3) is 5.91 Å². The van der Waals surface area contributed by atoms with E-state index in [1.165, 1.54) is 0 Å². The van der Waals surface area contributed by atoms with Crippen LogP contribution in [0.2, 0.25) is 5.02 Å². The highest BCUT2D eigenvalue weighted by Gasteiger charge is 2.09. The maximum atomic E-state index is 11.7. The van der Waals surface area contributed by atoms with Crippen molar-refractivity contribution in [3.63, 3.8) is 0 Å². The van der Waals surface area contributed by atoms with Crippen LogP contribution in [0.15, 0.2) is 18.2 Å². The van der Waals surface area contributed by atoms with Gasteiger partial charge in [-0.15, -0.1) is 0 Å². The summed E-state index contributed by atoms with van der Waals surface area (Å²) in [6, 6.07) is 4.83. The van der Waals surface area contributed by atoms with Gasteiger partial charge in [0, 0.05) is 25.9 Å². The van der Waals surface area contributed by atoms with E-state index in [2.05, 4.69) is 5.32 Å². The van der Waals surface area contributed by atoms with Crippen LogP contribution in [0.3, 0.4) is 0 Å². The summed E-state index contributed by atoms with van der Waals surface area (Å²) in [6.45, 7) is 1.17. The van der Waals surface area contributed by atoms with Gasteiger partial charge in [-0.05, 0) is 24.6 Å². The van der Waals surface area contributed by atoms with Gasteiger partial charge in [-0.25, -0.2) is 0 Å². The average molecular weight is 243 g/mol. The third-order valence-electron chi connectivity index (χ3n) is 2.05. The Bertz CT molecular complexity index is 369. The first-order valence-electron chi connectivity index (χ1n) is 4.97. The van der Waals surface area contributed by atoms with Crippen molar-refractivity contribution in [1.29, 1.82) is 0 Å². The van der Waals surface area contributed by atoms with Crippen LogP contribution in [0, 0.1) is 0 Å². The molecule has 1 rings (SSSR count). The van der Waals surface area contributed by atoms with E-state index in [-0.39, 0.29) is 5.91 Å². The molecule has 0 aromatic heterocycles. The van der Waals surface area contributed by atoms with Crippen LogP contribution in [-0.2, 0) is 4.74 Å². The summed E-state index contributed by atoms with van der Waals surface area (Å²) in [4.78, 5) is 11.7. The van der Waals surface area contributed by atoms with E-state index < -0.39 is 0 Å². The van der Waals surface area contributed by atoms with Crippen molar-refractivity contribution >= 4 is 23.2 Å². The van der Waals surface area contributed by atoms with Crippen molar-refractivity contribution in [3.05, 3.63) is 28.8 Å². The Kier molecular flexibility index (Phi) is 5.08. The molecule has 0 atom stereocenters. The van der Waals surface area contributed by atoms with E-state index >= 15 is 0 Å². The molecular formula is C11H15ClN2O2. The number of hydrogen-bond acceptors (Lipinski definition) is 3. The maximum absolute atomic E-state index is 11.7. The van der Waals surface area contributed by atoms with Gasteiger partial charge in [-0.2, -0.15) is 0 Å². The van der Waals surface area contributed by atoms with Crippen LogP contribution in [0.1, 0.15) is 16.8 Å². The van der Waals surface area contributed by atoms with Gasteiger partial charge >= 0.3 is 0 Å². The second-order valence-corrected chi connectivity index (χ2v) is 3.75.